The number of nitrogen functional groups attached to an aromatic ring is 1. The third kappa shape index (κ3) is 2.52. The van der Waals surface area contributed by atoms with Gasteiger partial charge >= 0.3 is 5.69 Å². The first kappa shape index (κ1) is 12.6. The number of hydrogen-bond donors (Lipinski definition) is 3. The van der Waals surface area contributed by atoms with Crippen LogP contribution in [0.25, 0.3) is 11.3 Å². The van der Waals surface area contributed by atoms with Crippen LogP contribution >= 0.6 is 23.2 Å². The minimum atomic E-state index is -0.580. The fourth-order valence-electron chi connectivity index (χ4n) is 1.41. The number of nitrogens with zero attached hydrogens (tertiary/aromatic N) is 1. The van der Waals surface area contributed by atoms with Gasteiger partial charge in [-0.05, 0) is 18.2 Å². The van der Waals surface area contributed by atoms with E-state index in [1.165, 1.54) is 6.07 Å². The topological polar surface area (TPSA) is 95.6 Å². The van der Waals surface area contributed by atoms with Crippen molar-refractivity contribution in [2.24, 2.45) is 5.73 Å². The minimum absolute atomic E-state index is 0.205. The summed E-state index contributed by atoms with van der Waals surface area (Å²) in [5.41, 5.74) is 5.95. The molecule has 92 valence electrons. The SMILES string of the molecule is N=C(N)c1cc(-c2ccc(Cl)c(Cl)c2)nc(=O)[nH]1. The van der Waals surface area contributed by atoms with Gasteiger partial charge in [-0.15, -0.1) is 0 Å². The summed E-state index contributed by atoms with van der Waals surface area (Å²) >= 11 is 11.7. The standard InChI is InChI=1S/C11H8Cl2N4O/c12-6-2-1-5(3-7(6)13)8-4-9(10(14)15)17-11(18)16-8/h1-4H,(H3,14,15)(H,16,17,18). The van der Waals surface area contributed by atoms with Crippen LogP contribution in [0, 0.1) is 5.41 Å². The van der Waals surface area contributed by atoms with E-state index in [-0.39, 0.29) is 11.5 Å². The van der Waals surface area contributed by atoms with E-state index in [1.807, 2.05) is 0 Å². The van der Waals surface area contributed by atoms with E-state index in [1.54, 1.807) is 18.2 Å². The highest BCUT2D eigenvalue weighted by molar-refractivity contribution is 6.42. The Morgan fingerprint density at radius 2 is 2.00 bits per heavy atom. The Morgan fingerprint density at radius 3 is 2.61 bits per heavy atom. The van der Waals surface area contributed by atoms with Gasteiger partial charge in [0.05, 0.1) is 21.4 Å². The van der Waals surface area contributed by atoms with E-state index in [0.717, 1.165) is 0 Å². The van der Waals surface area contributed by atoms with Gasteiger partial charge in [0.25, 0.3) is 0 Å². The average molecular weight is 283 g/mol. The van der Waals surface area contributed by atoms with Gasteiger partial charge in [-0.1, -0.05) is 29.3 Å². The van der Waals surface area contributed by atoms with Crippen LogP contribution in [0.3, 0.4) is 0 Å². The van der Waals surface area contributed by atoms with Gasteiger partial charge in [0.15, 0.2) is 0 Å². The minimum Gasteiger partial charge on any atom is -0.382 e. The van der Waals surface area contributed by atoms with E-state index in [9.17, 15) is 4.79 Å². The largest absolute Gasteiger partial charge is 0.382 e. The molecule has 0 bridgehead atoms. The quantitative estimate of drug-likeness (QED) is 0.581. The van der Waals surface area contributed by atoms with Crippen LogP contribution in [0.5, 0.6) is 0 Å². The van der Waals surface area contributed by atoms with Crippen LogP contribution < -0.4 is 11.4 Å². The summed E-state index contributed by atoms with van der Waals surface area (Å²) in [6.45, 7) is 0. The first-order chi connectivity index (χ1) is 8.47. The Bertz CT molecular complexity index is 681. The highest BCUT2D eigenvalue weighted by Gasteiger charge is 2.07. The number of H-pyrrole nitrogens is 1. The van der Waals surface area contributed by atoms with Crippen molar-refractivity contribution in [2.75, 3.05) is 0 Å². The summed E-state index contributed by atoms with van der Waals surface area (Å²) < 4.78 is 0. The molecular weight excluding hydrogens is 275 g/mol. The predicted molar refractivity (Wildman–Crippen MR) is 71.3 cm³/mol. The molecule has 0 unspecified atom stereocenters. The number of rotatable bonds is 2. The fourth-order valence-corrected chi connectivity index (χ4v) is 1.70. The van der Waals surface area contributed by atoms with Gasteiger partial charge in [-0.2, -0.15) is 4.98 Å². The smallest absolute Gasteiger partial charge is 0.346 e. The van der Waals surface area contributed by atoms with Crippen LogP contribution in [0.4, 0.5) is 0 Å². The molecular formula is C11H8Cl2N4O. The van der Waals surface area contributed by atoms with Crippen molar-refractivity contribution in [3.8, 4) is 11.3 Å². The Kier molecular flexibility index (Phi) is 3.36. The highest BCUT2D eigenvalue weighted by atomic mass is 35.5. The second-order valence-corrected chi connectivity index (χ2v) is 4.34. The van der Waals surface area contributed by atoms with Gasteiger partial charge in [-0.3, -0.25) is 5.41 Å². The van der Waals surface area contributed by atoms with Crippen molar-refractivity contribution in [3.05, 3.63) is 50.5 Å². The lowest BCUT2D eigenvalue weighted by Gasteiger charge is -2.04. The second-order valence-electron chi connectivity index (χ2n) is 3.53. The van der Waals surface area contributed by atoms with Gasteiger partial charge in [-0.25, -0.2) is 4.79 Å². The lowest BCUT2D eigenvalue weighted by Crippen LogP contribution is -2.21. The Hall–Kier alpha value is -1.85. The van der Waals surface area contributed by atoms with E-state index < -0.39 is 5.69 Å². The molecule has 0 amide bonds. The van der Waals surface area contributed by atoms with Crippen LogP contribution in [-0.4, -0.2) is 15.8 Å². The van der Waals surface area contributed by atoms with E-state index in [4.69, 9.17) is 34.3 Å². The number of halogens is 2. The normalized spacial score (nSPS) is 10.3. The van der Waals surface area contributed by atoms with E-state index in [0.29, 0.717) is 21.3 Å². The van der Waals surface area contributed by atoms with Crippen molar-refractivity contribution in [2.45, 2.75) is 0 Å². The maximum absolute atomic E-state index is 11.4. The van der Waals surface area contributed by atoms with Gasteiger partial charge in [0.1, 0.15) is 5.84 Å². The first-order valence-electron chi connectivity index (χ1n) is 4.88. The number of hydrogen-bond acceptors (Lipinski definition) is 3. The number of amidine groups is 1. The van der Waals surface area contributed by atoms with Gasteiger partial charge < -0.3 is 10.7 Å². The summed E-state index contributed by atoms with van der Waals surface area (Å²) in [4.78, 5) is 17.5. The molecule has 0 aliphatic heterocycles. The maximum Gasteiger partial charge on any atom is 0.346 e. The summed E-state index contributed by atoms with van der Waals surface area (Å²) in [7, 11) is 0. The van der Waals surface area contributed by atoms with Crippen molar-refractivity contribution in [1.29, 1.82) is 5.41 Å². The second kappa shape index (κ2) is 4.80. The first-order valence-corrected chi connectivity index (χ1v) is 5.64. The zero-order chi connectivity index (χ0) is 13.3. The Balaban J connectivity index is 2.60. The Morgan fingerprint density at radius 1 is 1.28 bits per heavy atom. The molecule has 0 radical (unpaired) electrons. The Labute approximate surface area is 112 Å². The number of aromatic nitrogens is 2. The van der Waals surface area contributed by atoms with Crippen molar-refractivity contribution >= 4 is 29.0 Å². The molecule has 1 heterocycles. The molecule has 0 spiro atoms. The third-order valence-electron chi connectivity index (χ3n) is 2.25. The molecule has 5 nitrogen and oxygen atoms in total. The molecule has 0 saturated carbocycles. The van der Waals surface area contributed by atoms with Crippen LogP contribution in [0.1, 0.15) is 5.69 Å². The molecule has 0 fully saturated rings. The maximum atomic E-state index is 11.4. The molecule has 2 aromatic rings. The number of aromatic amines is 1. The molecule has 0 aliphatic rings. The van der Waals surface area contributed by atoms with Crippen molar-refractivity contribution < 1.29 is 0 Å². The fraction of sp³-hybridized carbons (Fsp3) is 0. The number of nitrogens with two attached hydrogens (primary N) is 1. The van der Waals surface area contributed by atoms with Crippen LogP contribution in [-0.2, 0) is 0 Å². The number of nitrogens with one attached hydrogen (secondary N) is 2. The molecule has 2 rings (SSSR count). The molecule has 4 N–H and O–H groups in total. The zero-order valence-electron chi connectivity index (χ0n) is 9.00. The average Bonchev–Trinajstić information content (AvgIpc) is 2.31. The van der Waals surface area contributed by atoms with Crippen LogP contribution in [0.2, 0.25) is 10.0 Å². The summed E-state index contributed by atoms with van der Waals surface area (Å²) in [6, 6.07) is 6.38. The molecule has 18 heavy (non-hydrogen) atoms. The van der Waals surface area contributed by atoms with Crippen LogP contribution in [0.15, 0.2) is 29.1 Å². The zero-order valence-corrected chi connectivity index (χ0v) is 10.5. The molecule has 1 aromatic heterocycles. The summed E-state index contributed by atoms with van der Waals surface area (Å²) in [5, 5.41) is 8.08. The number of benzene rings is 1. The lowest BCUT2D eigenvalue weighted by molar-refractivity contribution is 1.06. The molecule has 0 atom stereocenters. The van der Waals surface area contributed by atoms with Gasteiger partial charge in [0, 0.05) is 5.56 Å². The predicted octanol–water partition coefficient (Wildman–Crippen LogP) is 2.03. The molecule has 0 saturated heterocycles. The van der Waals surface area contributed by atoms with E-state index >= 15 is 0 Å². The summed E-state index contributed by atoms with van der Waals surface area (Å²) in [5.74, 6) is -0.240. The van der Waals surface area contributed by atoms with Gasteiger partial charge in [0.2, 0.25) is 0 Å². The lowest BCUT2D eigenvalue weighted by atomic mass is 10.1. The van der Waals surface area contributed by atoms with E-state index in [2.05, 4.69) is 9.97 Å². The monoisotopic (exact) mass is 282 g/mol. The van der Waals surface area contributed by atoms with Crippen molar-refractivity contribution in [3.63, 3.8) is 0 Å². The van der Waals surface area contributed by atoms with Crippen molar-refractivity contribution in [1.82, 2.24) is 9.97 Å². The highest BCUT2D eigenvalue weighted by Crippen LogP contribution is 2.27. The summed E-state index contributed by atoms with van der Waals surface area (Å²) in [6.07, 6.45) is 0. The molecule has 7 heteroatoms. The third-order valence-corrected chi connectivity index (χ3v) is 2.99. The molecule has 1 aromatic carbocycles. The molecule has 0 aliphatic carbocycles.